The third kappa shape index (κ3) is 4.67. The molecule has 3 aromatic carbocycles. The van der Waals surface area contributed by atoms with Crippen molar-refractivity contribution in [3.8, 4) is 11.1 Å². The van der Waals surface area contributed by atoms with Gasteiger partial charge >= 0.3 is 5.97 Å². The van der Waals surface area contributed by atoms with Crippen LogP contribution in [-0.2, 0) is 9.53 Å². The summed E-state index contributed by atoms with van der Waals surface area (Å²) in [4.78, 5) is 24.4. The zero-order valence-electron chi connectivity index (χ0n) is 14.1. The molecule has 0 aliphatic heterocycles. The molecule has 4 nitrogen and oxygen atoms in total. The van der Waals surface area contributed by atoms with Gasteiger partial charge < -0.3 is 10.1 Å². The molecule has 0 saturated heterocycles. The largest absolute Gasteiger partial charge is 0.452 e. The molecular formula is C21H15Cl2NO3. The standard InChI is InChI=1S/C21H15Cl2NO3/c22-17-11-6-10-16(20(17)23)21(26)27-13-19(25)24-18-12-5-4-9-15(18)14-7-2-1-3-8-14/h1-12H,13H2,(H,24,25). The molecule has 0 heterocycles. The quantitative estimate of drug-likeness (QED) is 0.579. The molecule has 0 atom stereocenters. The van der Waals surface area contributed by atoms with E-state index in [0.717, 1.165) is 11.1 Å². The van der Waals surface area contributed by atoms with Crippen molar-refractivity contribution in [2.75, 3.05) is 11.9 Å². The Morgan fingerprint density at radius 3 is 2.33 bits per heavy atom. The number of para-hydroxylation sites is 1. The number of rotatable bonds is 5. The van der Waals surface area contributed by atoms with Crippen molar-refractivity contribution in [1.29, 1.82) is 0 Å². The van der Waals surface area contributed by atoms with Gasteiger partial charge in [0.15, 0.2) is 6.61 Å². The van der Waals surface area contributed by atoms with E-state index in [-0.39, 0.29) is 15.6 Å². The lowest BCUT2D eigenvalue weighted by molar-refractivity contribution is -0.119. The molecular weight excluding hydrogens is 385 g/mol. The number of nitrogens with one attached hydrogen (secondary N) is 1. The van der Waals surface area contributed by atoms with Gasteiger partial charge in [-0.05, 0) is 23.8 Å². The minimum absolute atomic E-state index is 0.0963. The van der Waals surface area contributed by atoms with Crippen LogP contribution < -0.4 is 5.32 Å². The van der Waals surface area contributed by atoms with Crippen LogP contribution in [0, 0.1) is 0 Å². The summed E-state index contributed by atoms with van der Waals surface area (Å²) in [6, 6.07) is 21.7. The van der Waals surface area contributed by atoms with Gasteiger partial charge in [0, 0.05) is 11.3 Å². The molecule has 0 radical (unpaired) electrons. The minimum atomic E-state index is -0.714. The van der Waals surface area contributed by atoms with E-state index in [1.165, 1.54) is 6.07 Å². The van der Waals surface area contributed by atoms with Crippen LogP contribution in [0.5, 0.6) is 0 Å². The first kappa shape index (κ1) is 19.0. The molecule has 0 saturated carbocycles. The highest BCUT2D eigenvalue weighted by molar-refractivity contribution is 6.43. The molecule has 0 spiro atoms. The fourth-order valence-electron chi connectivity index (χ4n) is 2.52. The molecule has 0 aromatic heterocycles. The summed E-state index contributed by atoms with van der Waals surface area (Å²) in [6.45, 7) is -0.440. The van der Waals surface area contributed by atoms with E-state index in [2.05, 4.69) is 5.32 Å². The van der Waals surface area contributed by atoms with Crippen molar-refractivity contribution < 1.29 is 14.3 Å². The maximum absolute atomic E-state index is 12.2. The van der Waals surface area contributed by atoms with Gasteiger partial charge in [-0.2, -0.15) is 0 Å². The second-order valence-corrected chi connectivity index (χ2v) is 6.42. The third-order valence-electron chi connectivity index (χ3n) is 3.79. The van der Waals surface area contributed by atoms with Crippen LogP contribution in [0.25, 0.3) is 11.1 Å². The van der Waals surface area contributed by atoms with E-state index in [4.69, 9.17) is 27.9 Å². The Hall–Kier alpha value is -2.82. The van der Waals surface area contributed by atoms with Crippen LogP contribution in [-0.4, -0.2) is 18.5 Å². The van der Waals surface area contributed by atoms with Crippen LogP contribution in [0.3, 0.4) is 0 Å². The Kier molecular flexibility index (Phi) is 6.12. The molecule has 6 heteroatoms. The van der Waals surface area contributed by atoms with Crippen LogP contribution in [0.1, 0.15) is 10.4 Å². The van der Waals surface area contributed by atoms with E-state index in [1.807, 2.05) is 48.5 Å². The molecule has 0 fully saturated rings. The first-order chi connectivity index (χ1) is 13.1. The summed E-state index contributed by atoms with van der Waals surface area (Å²) in [5.41, 5.74) is 2.58. The molecule has 3 rings (SSSR count). The normalized spacial score (nSPS) is 10.3. The third-order valence-corrected chi connectivity index (χ3v) is 4.61. The fraction of sp³-hybridized carbons (Fsp3) is 0.0476. The fourth-order valence-corrected chi connectivity index (χ4v) is 2.90. The first-order valence-electron chi connectivity index (χ1n) is 8.11. The van der Waals surface area contributed by atoms with Gasteiger partial charge in [-0.15, -0.1) is 0 Å². The monoisotopic (exact) mass is 399 g/mol. The Morgan fingerprint density at radius 2 is 1.56 bits per heavy atom. The van der Waals surface area contributed by atoms with E-state index in [9.17, 15) is 9.59 Å². The molecule has 0 unspecified atom stereocenters. The number of carbonyl (C=O) groups excluding carboxylic acids is 2. The van der Waals surface area contributed by atoms with Crippen molar-refractivity contribution in [1.82, 2.24) is 0 Å². The smallest absolute Gasteiger partial charge is 0.340 e. The molecule has 1 amide bonds. The molecule has 27 heavy (non-hydrogen) atoms. The molecule has 3 aromatic rings. The maximum Gasteiger partial charge on any atom is 0.340 e. The van der Waals surface area contributed by atoms with Gasteiger partial charge in [-0.1, -0.05) is 77.8 Å². The topological polar surface area (TPSA) is 55.4 Å². The van der Waals surface area contributed by atoms with Crippen LogP contribution >= 0.6 is 23.2 Å². The molecule has 136 valence electrons. The van der Waals surface area contributed by atoms with Crippen LogP contribution in [0.15, 0.2) is 72.8 Å². The number of amides is 1. The zero-order chi connectivity index (χ0) is 19.2. The van der Waals surface area contributed by atoms with Gasteiger partial charge in [0.2, 0.25) is 0 Å². The Bertz CT molecular complexity index is 974. The lowest BCUT2D eigenvalue weighted by Crippen LogP contribution is -2.21. The minimum Gasteiger partial charge on any atom is -0.452 e. The Labute approximate surface area is 166 Å². The van der Waals surface area contributed by atoms with Gasteiger partial charge in [0.25, 0.3) is 5.91 Å². The van der Waals surface area contributed by atoms with Crippen molar-refractivity contribution in [2.45, 2.75) is 0 Å². The maximum atomic E-state index is 12.2. The number of carbonyl (C=O) groups is 2. The zero-order valence-corrected chi connectivity index (χ0v) is 15.6. The van der Waals surface area contributed by atoms with Gasteiger partial charge in [0.1, 0.15) is 0 Å². The predicted octanol–water partition coefficient (Wildman–Crippen LogP) is 5.46. The number of benzene rings is 3. The molecule has 0 aliphatic rings. The first-order valence-corrected chi connectivity index (χ1v) is 8.87. The number of hydrogen-bond acceptors (Lipinski definition) is 3. The summed E-state index contributed by atoms with van der Waals surface area (Å²) in [6.07, 6.45) is 0. The van der Waals surface area contributed by atoms with Gasteiger partial charge in [-0.25, -0.2) is 4.79 Å². The summed E-state index contributed by atoms with van der Waals surface area (Å²) >= 11 is 11.9. The van der Waals surface area contributed by atoms with E-state index < -0.39 is 18.5 Å². The lowest BCUT2D eigenvalue weighted by Gasteiger charge is -2.12. The summed E-state index contributed by atoms with van der Waals surface area (Å²) in [5.74, 6) is -1.17. The number of hydrogen-bond donors (Lipinski definition) is 1. The summed E-state index contributed by atoms with van der Waals surface area (Å²) in [7, 11) is 0. The summed E-state index contributed by atoms with van der Waals surface area (Å²) < 4.78 is 5.05. The van der Waals surface area contributed by atoms with E-state index >= 15 is 0 Å². The van der Waals surface area contributed by atoms with Crippen molar-refractivity contribution in [3.05, 3.63) is 88.4 Å². The predicted molar refractivity (Wildman–Crippen MR) is 107 cm³/mol. The number of anilines is 1. The number of esters is 1. The van der Waals surface area contributed by atoms with Crippen molar-refractivity contribution in [2.24, 2.45) is 0 Å². The number of halogens is 2. The average Bonchev–Trinajstić information content (AvgIpc) is 2.69. The lowest BCUT2D eigenvalue weighted by atomic mass is 10.0. The second-order valence-electron chi connectivity index (χ2n) is 5.64. The Morgan fingerprint density at radius 1 is 0.852 bits per heavy atom. The molecule has 0 bridgehead atoms. The van der Waals surface area contributed by atoms with Crippen LogP contribution in [0.2, 0.25) is 10.0 Å². The SMILES string of the molecule is O=C(COC(=O)c1cccc(Cl)c1Cl)Nc1ccccc1-c1ccccc1. The second kappa shape index (κ2) is 8.71. The highest BCUT2D eigenvalue weighted by atomic mass is 35.5. The van der Waals surface area contributed by atoms with Gasteiger partial charge in [0.05, 0.1) is 15.6 Å². The summed E-state index contributed by atoms with van der Waals surface area (Å²) in [5, 5.41) is 3.11. The van der Waals surface area contributed by atoms with E-state index in [0.29, 0.717) is 5.69 Å². The average molecular weight is 400 g/mol. The van der Waals surface area contributed by atoms with E-state index in [1.54, 1.807) is 18.2 Å². The molecule has 1 N–H and O–H groups in total. The van der Waals surface area contributed by atoms with Crippen LogP contribution in [0.4, 0.5) is 5.69 Å². The number of ether oxygens (including phenoxy) is 1. The highest BCUT2D eigenvalue weighted by Crippen LogP contribution is 2.28. The molecule has 0 aliphatic carbocycles. The Balaban J connectivity index is 1.67. The van der Waals surface area contributed by atoms with Gasteiger partial charge in [-0.3, -0.25) is 4.79 Å². The highest BCUT2D eigenvalue weighted by Gasteiger charge is 2.16. The van der Waals surface area contributed by atoms with Crippen molar-refractivity contribution in [3.63, 3.8) is 0 Å². The van der Waals surface area contributed by atoms with Crippen molar-refractivity contribution >= 4 is 40.8 Å².